The van der Waals surface area contributed by atoms with Crippen molar-refractivity contribution in [2.45, 2.75) is 13.8 Å². The van der Waals surface area contributed by atoms with Gasteiger partial charge in [0.25, 0.3) is 0 Å². The van der Waals surface area contributed by atoms with Crippen LogP contribution in [0.3, 0.4) is 0 Å². The van der Waals surface area contributed by atoms with Gasteiger partial charge in [-0.15, -0.1) is 0 Å². The number of fused-ring (bicyclic) bond motifs is 1. The number of aromatic nitrogens is 6. The third-order valence-electron chi connectivity index (χ3n) is 3.65. The summed E-state index contributed by atoms with van der Waals surface area (Å²) in [4.78, 5) is 8.71. The maximum absolute atomic E-state index is 6.02. The lowest BCUT2D eigenvalue weighted by molar-refractivity contribution is 0.843. The van der Waals surface area contributed by atoms with Gasteiger partial charge in [-0.1, -0.05) is 12.1 Å². The molecule has 114 valence electrons. The first kappa shape index (κ1) is 13.4. The summed E-state index contributed by atoms with van der Waals surface area (Å²) in [5.74, 6) is 1.16. The SMILES string of the molecule is Cc1cccc(-n2ncc3c(-n4nc(C)cc4N)ncnc32)c1. The fourth-order valence-electron chi connectivity index (χ4n) is 2.64. The molecule has 0 spiro atoms. The largest absolute Gasteiger partial charge is 0.384 e. The Labute approximate surface area is 132 Å². The number of benzene rings is 1. The predicted octanol–water partition coefficient (Wildman–Crippen LogP) is 2.20. The molecule has 0 aliphatic carbocycles. The highest BCUT2D eigenvalue weighted by molar-refractivity contribution is 5.83. The maximum atomic E-state index is 6.02. The first-order chi connectivity index (χ1) is 11.1. The summed E-state index contributed by atoms with van der Waals surface area (Å²) in [7, 11) is 0. The van der Waals surface area contributed by atoms with Crippen LogP contribution in [0.1, 0.15) is 11.3 Å². The van der Waals surface area contributed by atoms with Crippen LogP contribution in [0, 0.1) is 13.8 Å². The number of hydrogen-bond donors (Lipinski definition) is 1. The molecule has 0 fully saturated rings. The maximum Gasteiger partial charge on any atom is 0.170 e. The average Bonchev–Trinajstić information content (AvgIpc) is 3.10. The van der Waals surface area contributed by atoms with Gasteiger partial charge in [-0.25, -0.2) is 14.6 Å². The van der Waals surface area contributed by atoms with Crippen molar-refractivity contribution in [3.05, 3.63) is 54.1 Å². The third-order valence-corrected chi connectivity index (χ3v) is 3.65. The molecule has 3 heterocycles. The second-order valence-corrected chi connectivity index (χ2v) is 5.45. The van der Waals surface area contributed by atoms with Crippen molar-refractivity contribution in [3.8, 4) is 11.5 Å². The number of anilines is 1. The highest BCUT2D eigenvalue weighted by Gasteiger charge is 2.15. The number of nitrogens with two attached hydrogens (primary N) is 1. The molecule has 1 aromatic carbocycles. The molecule has 23 heavy (non-hydrogen) atoms. The van der Waals surface area contributed by atoms with Gasteiger partial charge in [0.1, 0.15) is 12.1 Å². The Morgan fingerprint density at radius 2 is 1.91 bits per heavy atom. The van der Waals surface area contributed by atoms with E-state index in [1.54, 1.807) is 21.6 Å². The molecule has 0 unspecified atom stereocenters. The Kier molecular flexibility index (Phi) is 2.87. The van der Waals surface area contributed by atoms with E-state index >= 15 is 0 Å². The van der Waals surface area contributed by atoms with E-state index in [-0.39, 0.29) is 0 Å². The van der Waals surface area contributed by atoms with Gasteiger partial charge < -0.3 is 5.73 Å². The first-order valence-electron chi connectivity index (χ1n) is 7.22. The highest BCUT2D eigenvalue weighted by Crippen LogP contribution is 2.23. The van der Waals surface area contributed by atoms with E-state index in [4.69, 9.17) is 5.73 Å². The van der Waals surface area contributed by atoms with Crippen LogP contribution in [0.25, 0.3) is 22.5 Å². The quantitative estimate of drug-likeness (QED) is 0.613. The van der Waals surface area contributed by atoms with E-state index in [0.29, 0.717) is 17.3 Å². The van der Waals surface area contributed by atoms with E-state index in [9.17, 15) is 0 Å². The second kappa shape index (κ2) is 4.91. The molecule has 0 aliphatic rings. The number of hydrogen-bond acceptors (Lipinski definition) is 5. The molecule has 4 aromatic rings. The molecule has 0 saturated heterocycles. The lowest BCUT2D eigenvalue weighted by atomic mass is 10.2. The van der Waals surface area contributed by atoms with Gasteiger partial charge in [0.2, 0.25) is 0 Å². The van der Waals surface area contributed by atoms with Crippen molar-refractivity contribution < 1.29 is 0 Å². The van der Waals surface area contributed by atoms with Gasteiger partial charge in [-0.3, -0.25) is 0 Å². The number of aryl methyl sites for hydroxylation is 2. The number of nitrogen functional groups attached to an aromatic ring is 1. The fourth-order valence-corrected chi connectivity index (χ4v) is 2.64. The van der Waals surface area contributed by atoms with Gasteiger partial charge in [0.15, 0.2) is 11.5 Å². The van der Waals surface area contributed by atoms with Gasteiger partial charge in [-0.2, -0.15) is 14.9 Å². The van der Waals surface area contributed by atoms with Gasteiger partial charge in [0, 0.05) is 6.07 Å². The van der Waals surface area contributed by atoms with Crippen LogP contribution in [-0.2, 0) is 0 Å². The molecule has 0 bridgehead atoms. The molecule has 3 aromatic heterocycles. The van der Waals surface area contributed by atoms with Crippen LogP contribution in [0.2, 0.25) is 0 Å². The summed E-state index contributed by atoms with van der Waals surface area (Å²) >= 11 is 0. The lowest BCUT2D eigenvalue weighted by Crippen LogP contribution is -2.05. The zero-order valence-corrected chi connectivity index (χ0v) is 12.8. The molecular weight excluding hydrogens is 290 g/mol. The second-order valence-electron chi connectivity index (χ2n) is 5.45. The van der Waals surface area contributed by atoms with Crippen molar-refractivity contribution in [1.82, 2.24) is 29.5 Å². The predicted molar refractivity (Wildman–Crippen MR) is 87.7 cm³/mol. The summed E-state index contributed by atoms with van der Waals surface area (Å²) < 4.78 is 3.40. The van der Waals surface area contributed by atoms with E-state index in [1.165, 1.54) is 6.33 Å². The highest BCUT2D eigenvalue weighted by atomic mass is 15.4. The van der Waals surface area contributed by atoms with Crippen LogP contribution in [0.4, 0.5) is 5.82 Å². The lowest BCUT2D eigenvalue weighted by Gasteiger charge is -2.06. The number of rotatable bonds is 2. The fraction of sp³-hybridized carbons (Fsp3) is 0.125. The van der Waals surface area contributed by atoms with Crippen molar-refractivity contribution in [1.29, 1.82) is 0 Å². The molecule has 2 N–H and O–H groups in total. The summed E-state index contributed by atoms with van der Waals surface area (Å²) in [5.41, 5.74) is 9.68. The zero-order valence-electron chi connectivity index (χ0n) is 12.8. The minimum Gasteiger partial charge on any atom is -0.384 e. The van der Waals surface area contributed by atoms with E-state index in [2.05, 4.69) is 26.2 Å². The van der Waals surface area contributed by atoms with Crippen LogP contribution in [0.5, 0.6) is 0 Å². The van der Waals surface area contributed by atoms with Crippen LogP contribution in [0.15, 0.2) is 42.9 Å². The monoisotopic (exact) mass is 305 g/mol. The summed E-state index contributed by atoms with van der Waals surface area (Å²) in [6.07, 6.45) is 3.24. The van der Waals surface area contributed by atoms with Crippen molar-refractivity contribution in [2.75, 3.05) is 5.73 Å². The molecule has 0 atom stereocenters. The molecule has 0 aliphatic heterocycles. The molecule has 4 rings (SSSR count). The van der Waals surface area contributed by atoms with Gasteiger partial charge >= 0.3 is 0 Å². The average molecular weight is 305 g/mol. The Bertz CT molecular complexity index is 1010. The van der Waals surface area contributed by atoms with Gasteiger partial charge in [-0.05, 0) is 31.5 Å². The Morgan fingerprint density at radius 1 is 1.04 bits per heavy atom. The minimum absolute atomic E-state index is 0.533. The van der Waals surface area contributed by atoms with Gasteiger partial charge in [0.05, 0.1) is 23.0 Å². The van der Waals surface area contributed by atoms with Crippen molar-refractivity contribution >= 4 is 16.9 Å². The molecule has 0 saturated carbocycles. The van der Waals surface area contributed by atoms with Crippen LogP contribution >= 0.6 is 0 Å². The smallest absolute Gasteiger partial charge is 0.170 e. The van der Waals surface area contributed by atoms with Crippen LogP contribution in [-0.4, -0.2) is 29.5 Å². The topological polar surface area (TPSA) is 87.4 Å². The molecule has 7 heteroatoms. The van der Waals surface area contributed by atoms with E-state index in [0.717, 1.165) is 22.3 Å². The third kappa shape index (κ3) is 2.13. The van der Waals surface area contributed by atoms with E-state index < -0.39 is 0 Å². The molecule has 0 amide bonds. The normalized spacial score (nSPS) is 11.2. The molecule has 0 radical (unpaired) electrons. The summed E-state index contributed by atoms with van der Waals surface area (Å²) in [6.45, 7) is 3.93. The number of nitrogens with zero attached hydrogens (tertiary/aromatic N) is 6. The van der Waals surface area contributed by atoms with Crippen LogP contribution < -0.4 is 5.73 Å². The van der Waals surface area contributed by atoms with Crippen molar-refractivity contribution in [3.63, 3.8) is 0 Å². The Morgan fingerprint density at radius 3 is 2.65 bits per heavy atom. The summed E-state index contributed by atoms with van der Waals surface area (Å²) in [6, 6.07) is 9.89. The molecular formula is C16H15N7. The summed E-state index contributed by atoms with van der Waals surface area (Å²) in [5, 5.41) is 9.65. The zero-order chi connectivity index (χ0) is 16.0. The first-order valence-corrected chi connectivity index (χ1v) is 7.22. The van der Waals surface area contributed by atoms with E-state index in [1.807, 2.05) is 32.0 Å². The minimum atomic E-state index is 0.533. The standard InChI is InChI=1S/C16H15N7/c1-10-4-3-5-12(6-10)22-15-13(8-20-22)16(19-9-18-15)23-14(17)7-11(2)21-23/h3-9H,17H2,1-2H3. The molecule has 7 nitrogen and oxygen atoms in total. The van der Waals surface area contributed by atoms with Crippen molar-refractivity contribution in [2.24, 2.45) is 0 Å². The Hall–Kier alpha value is -3.22. The Balaban J connectivity index is 1.95.